The van der Waals surface area contributed by atoms with Crippen molar-refractivity contribution in [1.29, 1.82) is 0 Å². The zero-order valence-corrected chi connectivity index (χ0v) is 11.9. The molecule has 2 nitrogen and oxygen atoms in total. The lowest BCUT2D eigenvalue weighted by Gasteiger charge is -2.25. The zero-order chi connectivity index (χ0) is 13.5. The lowest BCUT2D eigenvalue weighted by molar-refractivity contribution is 0.0793. The van der Waals surface area contributed by atoms with E-state index in [1.807, 2.05) is 24.4 Å². The minimum Gasteiger partial charge on any atom is -0.359 e. The van der Waals surface area contributed by atoms with Gasteiger partial charge in [0.25, 0.3) is 0 Å². The molecule has 0 radical (unpaired) electrons. The zero-order valence-electron chi connectivity index (χ0n) is 11.1. The second-order valence-corrected chi connectivity index (χ2v) is 5.94. The van der Waals surface area contributed by atoms with E-state index >= 15 is 0 Å². The average molecular weight is 276 g/mol. The summed E-state index contributed by atoms with van der Waals surface area (Å²) in [6.07, 6.45) is 7.14. The predicted molar refractivity (Wildman–Crippen MR) is 78.8 cm³/mol. The molecule has 0 spiro atoms. The fraction of sp³-hybridized carbons (Fsp3) is 0.438. The van der Waals surface area contributed by atoms with Crippen molar-refractivity contribution in [3.63, 3.8) is 0 Å². The average Bonchev–Trinajstić information content (AvgIpc) is 3.06. The number of halogens is 1. The Morgan fingerprint density at radius 2 is 2.11 bits per heavy atom. The van der Waals surface area contributed by atoms with Crippen LogP contribution in [0.4, 0.5) is 0 Å². The standard InChI is InChI=1S/C16H18ClNO/c1-2-16(8-3-4-9-16)15(19)12-10-18-14-11(12)6-5-7-13(14)17/h5-7,10,18H,2-4,8-9H2,1H3. The van der Waals surface area contributed by atoms with Crippen LogP contribution in [0.2, 0.25) is 5.02 Å². The molecule has 0 aliphatic heterocycles. The largest absolute Gasteiger partial charge is 0.359 e. The molecule has 1 heterocycles. The summed E-state index contributed by atoms with van der Waals surface area (Å²) in [7, 11) is 0. The molecule has 100 valence electrons. The van der Waals surface area contributed by atoms with Gasteiger partial charge in [-0.05, 0) is 25.3 Å². The third kappa shape index (κ3) is 1.90. The Hall–Kier alpha value is -1.28. The molecule has 0 unspecified atom stereocenters. The molecular weight excluding hydrogens is 258 g/mol. The van der Waals surface area contributed by atoms with Crippen LogP contribution in [0.5, 0.6) is 0 Å². The highest BCUT2D eigenvalue weighted by Gasteiger charge is 2.40. The van der Waals surface area contributed by atoms with Crippen LogP contribution in [-0.4, -0.2) is 10.8 Å². The van der Waals surface area contributed by atoms with Gasteiger partial charge in [0.1, 0.15) is 0 Å². The highest BCUT2D eigenvalue weighted by Crippen LogP contribution is 2.44. The molecule has 1 fully saturated rings. The molecule has 1 aliphatic carbocycles. The number of carbonyl (C=O) groups is 1. The summed E-state index contributed by atoms with van der Waals surface area (Å²) in [5, 5.41) is 1.63. The molecule has 1 N–H and O–H groups in total. The number of hydrogen-bond donors (Lipinski definition) is 1. The van der Waals surface area contributed by atoms with E-state index in [-0.39, 0.29) is 5.41 Å². The summed E-state index contributed by atoms with van der Waals surface area (Å²) >= 11 is 6.16. The first-order valence-corrected chi connectivity index (χ1v) is 7.36. The summed E-state index contributed by atoms with van der Waals surface area (Å²) in [6.45, 7) is 2.13. The van der Waals surface area contributed by atoms with Gasteiger partial charge in [-0.3, -0.25) is 4.79 Å². The third-order valence-corrected chi connectivity index (χ3v) is 4.94. The molecular formula is C16H18ClNO. The van der Waals surface area contributed by atoms with E-state index in [9.17, 15) is 4.79 Å². The Labute approximate surface area is 118 Å². The van der Waals surface area contributed by atoms with Gasteiger partial charge in [0.2, 0.25) is 0 Å². The van der Waals surface area contributed by atoms with E-state index in [1.54, 1.807) is 0 Å². The monoisotopic (exact) mass is 275 g/mol. The van der Waals surface area contributed by atoms with Gasteiger partial charge >= 0.3 is 0 Å². The number of ketones is 1. The van der Waals surface area contributed by atoms with Crippen LogP contribution in [-0.2, 0) is 0 Å². The van der Waals surface area contributed by atoms with E-state index in [1.165, 1.54) is 12.8 Å². The first-order chi connectivity index (χ1) is 9.18. The number of para-hydroxylation sites is 1. The highest BCUT2D eigenvalue weighted by atomic mass is 35.5. The fourth-order valence-electron chi connectivity index (χ4n) is 3.38. The van der Waals surface area contributed by atoms with Crippen molar-refractivity contribution in [2.45, 2.75) is 39.0 Å². The fourth-order valence-corrected chi connectivity index (χ4v) is 3.61. The van der Waals surface area contributed by atoms with E-state index in [0.717, 1.165) is 35.7 Å². The van der Waals surface area contributed by atoms with Gasteiger partial charge in [-0.2, -0.15) is 0 Å². The molecule has 0 bridgehead atoms. The Morgan fingerprint density at radius 3 is 2.79 bits per heavy atom. The first-order valence-electron chi connectivity index (χ1n) is 6.98. The van der Waals surface area contributed by atoms with Crippen molar-refractivity contribution in [3.05, 3.63) is 35.0 Å². The molecule has 1 aliphatic rings. The van der Waals surface area contributed by atoms with Gasteiger partial charge in [0, 0.05) is 22.6 Å². The molecule has 19 heavy (non-hydrogen) atoms. The summed E-state index contributed by atoms with van der Waals surface area (Å²) in [6, 6.07) is 5.73. The van der Waals surface area contributed by atoms with Crippen molar-refractivity contribution >= 4 is 28.3 Å². The number of carbonyl (C=O) groups excluding carboxylic acids is 1. The van der Waals surface area contributed by atoms with Gasteiger partial charge in [-0.1, -0.05) is 43.5 Å². The minimum absolute atomic E-state index is 0.141. The van der Waals surface area contributed by atoms with Gasteiger partial charge in [-0.25, -0.2) is 0 Å². The van der Waals surface area contributed by atoms with E-state index in [2.05, 4.69) is 11.9 Å². The SMILES string of the molecule is CCC1(C(=O)c2c[nH]c3c(Cl)cccc23)CCCC1. The number of H-pyrrole nitrogens is 1. The molecule has 1 aromatic carbocycles. The van der Waals surface area contributed by atoms with Crippen LogP contribution in [0.25, 0.3) is 10.9 Å². The van der Waals surface area contributed by atoms with Crippen LogP contribution in [0.3, 0.4) is 0 Å². The Kier molecular flexibility index (Phi) is 3.14. The second-order valence-electron chi connectivity index (χ2n) is 5.53. The third-order valence-electron chi connectivity index (χ3n) is 4.63. The summed E-state index contributed by atoms with van der Waals surface area (Å²) in [4.78, 5) is 16.1. The van der Waals surface area contributed by atoms with Crippen LogP contribution >= 0.6 is 11.6 Å². The van der Waals surface area contributed by atoms with Gasteiger partial charge in [0.05, 0.1) is 10.5 Å². The molecule has 3 heteroatoms. The number of aromatic amines is 1. The van der Waals surface area contributed by atoms with Crippen molar-refractivity contribution in [2.75, 3.05) is 0 Å². The quantitative estimate of drug-likeness (QED) is 0.788. The maximum atomic E-state index is 12.9. The van der Waals surface area contributed by atoms with Crippen LogP contribution in [0.15, 0.2) is 24.4 Å². The number of aromatic nitrogens is 1. The lowest BCUT2D eigenvalue weighted by atomic mass is 9.76. The molecule has 1 aromatic heterocycles. The van der Waals surface area contributed by atoms with Crippen LogP contribution in [0, 0.1) is 5.41 Å². The predicted octanol–water partition coefficient (Wildman–Crippen LogP) is 4.97. The molecule has 0 amide bonds. The molecule has 2 aromatic rings. The van der Waals surface area contributed by atoms with Gasteiger partial charge in [0.15, 0.2) is 5.78 Å². The van der Waals surface area contributed by atoms with Crippen LogP contribution < -0.4 is 0 Å². The van der Waals surface area contributed by atoms with Crippen molar-refractivity contribution < 1.29 is 4.79 Å². The van der Waals surface area contributed by atoms with Gasteiger partial charge in [-0.15, -0.1) is 0 Å². The minimum atomic E-state index is -0.141. The lowest BCUT2D eigenvalue weighted by Crippen LogP contribution is -2.27. The van der Waals surface area contributed by atoms with Crippen molar-refractivity contribution in [3.8, 4) is 0 Å². The van der Waals surface area contributed by atoms with Crippen molar-refractivity contribution in [2.24, 2.45) is 5.41 Å². The summed E-state index contributed by atoms with van der Waals surface area (Å²) < 4.78 is 0. The van der Waals surface area contributed by atoms with E-state index in [0.29, 0.717) is 10.8 Å². The normalized spacial score (nSPS) is 18.0. The number of nitrogens with one attached hydrogen (secondary N) is 1. The molecule has 3 rings (SSSR count). The van der Waals surface area contributed by atoms with Crippen LogP contribution in [0.1, 0.15) is 49.4 Å². The maximum Gasteiger partial charge on any atom is 0.171 e. The molecule has 0 saturated heterocycles. The number of rotatable bonds is 3. The molecule has 0 atom stereocenters. The number of Topliss-reactive ketones (excluding diaryl/α,β-unsaturated/α-hetero) is 1. The first kappa shape index (κ1) is 12.7. The topological polar surface area (TPSA) is 32.9 Å². The summed E-state index contributed by atoms with van der Waals surface area (Å²) in [5.74, 6) is 0.293. The number of fused-ring (bicyclic) bond motifs is 1. The van der Waals surface area contributed by atoms with Gasteiger partial charge < -0.3 is 4.98 Å². The Morgan fingerprint density at radius 1 is 1.37 bits per heavy atom. The summed E-state index contributed by atoms with van der Waals surface area (Å²) in [5.41, 5.74) is 1.54. The van der Waals surface area contributed by atoms with E-state index in [4.69, 9.17) is 11.6 Å². The highest BCUT2D eigenvalue weighted by molar-refractivity contribution is 6.35. The number of hydrogen-bond acceptors (Lipinski definition) is 1. The smallest absolute Gasteiger partial charge is 0.171 e. The number of benzene rings is 1. The second kappa shape index (κ2) is 4.68. The maximum absolute atomic E-state index is 12.9. The van der Waals surface area contributed by atoms with E-state index < -0.39 is 0 Å². The van der Waals surface area contributed by atoms with Crippen molar-refractivity contribution in [1.82, 2.24) is 4.98 Å². The Bertz CT molecular complexity index is 623. The molecule has 1 saturated carbocycles. The Balaban J connectivity index is 2.09.